The maximum atomic E-state index is 13.4. The molecule has 1 fully saturated rings. The Bertz CT molecular complexity index is 1160. The van der Waals surface area contributed by atoms with E-state index in [4.69, 9.17) is 0 Å². The monoisotopic (exact) mass is 416 g/mol. The zero-order chi connectivity index (χ0) is 21.5. The number of hydrogen-bond donors (Lipinski definition) is 1. The van der Waals surface area contributed by atoms with Gasteiger partial charge in [0, 0.05) is 42.4 Å². The number of carbonyl (C=O) groups excluding carboxylic acids is 1. The number of likely N-dealkylation sites (tertiary alicyclic amines) is 1. The number of aryl methyl sites for hydroxylation is 1. The molecule has 2 aromatic heterocycles. The fourth-order valence-electron chi connectivity index (χ4n) is 5.35. The second-order valence-electron chi connectivity index (χ2n) is 8.95. The van der Waals surface area contributed by atoms with E-state index in [2.05, 4.69) is 30.1 Å². The quantitative estimate of drug-likeness (QED) is 0.695. The average molecular weight is 417 g/mol. The summed E-state index contributed by atoms with van der Waals surface area (Å²) in [7, 11) is 0. The van der Waals surface area contributed by atoms with Crippen molar-refractivity contribution in [1.82, 2.24) is 19.7 Å². The van der Waals surface area contributed by atoms with Gasteiger partial charge in [-0.2, -0.15) is 5.10 Å². The van der Waals surface area contributed by atoms with Gasteiger partial charge in [0.2, 0.25) is 0 Å². The fourth-order valence-corrected chi connectivity index (χ4v) is 5.35. The third-order valence-electron chi connectivity index (χ3n) is 6.83. The number of H-pyrrole nitrogens is 1. The standard InChI is InChI=1S/C25H28N4O2/c1-3-5-22-18-12-19(23-6-4-7-24(30)29(22)23)15-28(14-18)25(31)21-13-20(26-27-21)17-10-8-16(2)9-11-17/h4,6-11,13,18-19,22H,3,5,12,14-15H2,1-2H3,(H,26,27)/t18-,19+,22-/m0/s1. The number of nitrogens with zero attached hydrogens (tertiary/aromatic N) is 3. The topological polar surface area (TPSA) is 71.0 Å². The molecule has 2 aliphatic rings. The Morgan fingerprint density at radius 2 is 1.97 bits per heavy atom. The zero-order valence-electron chi connectivity index (χ0n) is 18.0. The summed E-state index contributed by atoms with van der Waals surface area (Å²) in [4.78, 5) is 28.0. The summed E-state index contributed by atoms with van der Waals surface area (Å²) in [6.07, 6.45) is 3.01. The fraction of sp³-hybridized carbons (Fsp3) is 0.400. The molecule has 160 valence electrons. The number of aromatic nitrogens is 3. The third kappa shape index (κ3) is 3.50. The molecule has 1 aromatic carbocycles. The van der Waals surface area contributed by atoms with Gasteiger partial charge in [0.05, 0.1) is 5.69 Å². The van der Waals surface area contributed by atoms with E-state index < -0.39 is 0 Å². The van der Waals surface area contributed by atoms with Crippen molar-refractivity contribution in [3.8, 4) is 11.3 Å². The number of pyridine rings is 1. The molecule has 2 bridgehead atoms. The number of benzene rings is 1. The summed E-state index contributed by atoms with van der Waals surface area (Å²) >= 11 is 0. The van der Waals surface area contributed by atoms with Crippen LogP contribution in [0.5, 0.6) is 0 Å². The van der Waals surface area contributed by atoms with Crippen LogP contribution in [0.15, 0.2) is 53.3 Å². The van der Waals surface area contributed by atoms with Crippen molar-refractivity contribution in [2.24, 2.45) is 5.92 Å². The second kappa shape index (κ2) is 7.84. The van der Waals surface area contributed by atoms with E-state index in [-0.39, 0.29) is 23.4 Å². The maximum Gasteiger partial charge on any atom is 0.271 e. The van der Waals surface area contributed by atoms with E-state index in [1.807, 2.05) is 45.9 Å². The van der Waals surface area contributed by atoms with Gasteiger partial charge in [-0.25, -0.2) is 0 Å². The molecule has 0 aliphatic carbocycles. The number of nitrogens with one attached hydrogen (secondary N) is 1. The molecule has 3 atom stereocenters. The highest BCUT2D eigenvalue weighted by molar-refractivity contribution is 5.93. The van der Waals surface area contributed by atoms with E-state index in [0.717, 1.165) is 36.2 Å². The van der Waals surface area contributed by atoms with Gasteiger partial charge >= 0.3 is 0 Å². The lowest BCUT2D eigenvalue weighted by Crippen LogP contribution is -2.51. The number of rotatable bonds is 4. The van der Waals surface area contributed by atoms with Gasteiger partial charge in [-0.15, -0.1) is 0 Å². The Labute approximate surface area is 181 Å². The van der Waals surface area contributed by atoms with Crippen LogP contribution in [0.1, 0.15) is 59.9 Å². The molecular formula is C25H28N4O2. The Hall–Kier alpha value is -3.15. The number of fused-ring (bicyclic) bond motifs is 4. The Morgan fingerprint density at radius 3 is 2.74 bits per heavy atom. The number of hydrogen-bond acceptors (Lipinski definition) is 3. The summed E-state index contributed by atoms with van der Waals surface area (Å²) < 4.78 is 2.01. The first-order valence-electron chi connectivity index (χ1n) is 11.2. The van der Waals surface area contributed by atoms with Crippen LogP contribution >= 0.6 is 0 Å². The minimum Gasteiger partial charge on any atom is -0.336 e. The van der Waals surface area contributed by atoms with E-state index in [0.29, 0.717) is 24.7 Å². The summed E-state index contributed by atoms with van der Waals surface area (Å²) in [5.74, 6) is 0.487. The molecule has 31 heavy (non-hydrogen) atoms. The molecule has 3 aromatic rings. The first kappa shape index (κ1) is 19.8. The molecule has 2 aliphatic heterocycles. The highest BCUT2D eigenvalue weighted by atomic mass is 16.2. The van der Waals surface area contributed by atoms with Gasteiger partial charge in [0.1, 0.15) is 5.69 Å². The second-order valence-corrected chi connectivity index (χ2v) is 8.95. The van der Waals surface area contributed by atoms with Gasteiger partial charge in [-0.05, 0) is 37.8 Å². The van der Waals surface area contributed by atoms with Crippen LogP contribution in [0.3, 0.4) is 0 Å². The van der Waals surface area contributed by atoms with Gasteiger partial charge in [0.15, 0.2) is 0 Å². The smallest absolute Gasteiger partial charge is 0.271 e. The third-order valence-corrected chi connectivity index (χ3v) is 6.83. The molecule has 1 N–H and O–H groups in total. The minimum atomic E-state index is -0.0115. The molecular weight excluding hydrogens is 388 g/mol. The van der Waals surface area contributed by atoms with E-state index in [1.165, 1.54) is 5.56 Å². The van der Waals surface area contributed by atoms with Crippen molar-refractivity contribution >= 4 is 5.91 Å². The highest BCUT2D eigenvalue weighted by Gasteiger charge is 2.41. The van der Waals surface area contributed by atoms with Crippen molar-refractivity contribution in [3.05, 3.63) is 75.8 Å². The van der Waals surface area contributed by atoms with Crippen LogP contribution in [0.25, 0.3) is 11.3 Å². The number of carbonyl (C=O) groups is 1. The molecule has 5 rings (SSSR count). The van der Waals surface area contributed by atoms with Crippen LogP contribution in [0.2, 0.25) is 0 Å². The summed E-state index contributed by atoms with van der Waals surface area (Å²) in [5, 5.41) is 7.33. The van der Waals surface area contributed by atoms with Gasteiger partial charge in [-0.3, -0.25) is 14.7 Å². The maximum absolute atomic E-state index is 13.4. The molecule has 0 spiro atoms. The van der Waals surface area contributed by atoms with Crippen LogP contribution in [-0.4, -0.2) is 38.7 Å². The molecule has 0 radical (unpaired) electrons. The molecule has 4 heterocycles. The molecule has 0 saturated carbocycles. The molecule has 1 amide bonds. The lowest BCUT2D eigenvalue weighted by Gasteiger charge is -2.47. The number of aromatic amines is 1. The highest BCUT2D eigenvalue weighted by Crippen LogP contribution is 2.43. The van der Waals surface area contributed by atoms with Gasteiger partial charge in [0.25, 0.3) is 11.5 Å². The summed E-state index contributed by atoms with van der Waals surface area (Å²) in [6.45, 7) is 5.52. The zero-order valence-corrected chi connectivity index (χ0v) is 18.0. The minimum absolute atomic E-state index is 0.0115. The lowest BCUT2D eigenvalue weighted by molar-refractivity contribution is 0.0513. The largest absolute Gasteiger partial charge is 0.336 e. The molecule has 1 saturated heterocycles. The Balaban J connectivity index is 1.42. The summed E-state index contributed by atoms with van der Waals surface area (Å²) in [5.41, 5.74) is 4.64. The number of amides is 1. The van der Waals surface area contributed by atoms with Crippen molar-refractivity contribution < 1.29 is 4.79 Å². The van der Waals surface area contributed by atoms with Crippen molar-refractivity contribution in [1.29, 1.82) is 0 Å². The van der Waals surface area contributed by atoms with Crippen molar-refractivity contribution in [2.75, 3.05) is 13.1 Å². The van der Waals surface area contributed by atoms with E-state index in [9.17, 15) is 9.59 Å². The SMILES string of the molecule is CCC[C@H]1[C@H]2C[C@H](CN(C(=O)c3cc(-c4ccc(C)cc4)n[nH]3)C2)c2cccc(=O)n21. The number of piperidine rings is 1. The average Bonchev–Trinajstić information content (AvgIpc) is 3.27. The normalized spacial score (nSPS) is 22.3. The predicted molar refractivity (Wildman–Crippen MR) is 120 cm³/mol. The summed E-state index contributed by atoms with van der Waals surface area (Å²) in [6, 6.07) is 15.7. The molecule has 6 heteroatoms. The van der Waals surface area contributed by atoms with Crippen LogP contribution in [0, 0.1) is 12.8 Å². The lowest BCUT2D eigenvalue weighted by atomic mass is 9.77. The van der Waals surface area contributed by atoms with Crippen molar-refractivity contribution in [2.45, 2.75) is 45.1 Å². The van der Waals surface area contributed by atoms with Crippen LogP contribution in [-0.2, 0) is 0 Å². The van der Waals surface area contributed by atoms with E-state index >= 15 is 0 Å². The van der Waals surface area contributed by atoms with Gasteiger partial charge < -0.3 is 9.47 Å². The van der Waals surface area contributed by atoms with E-state index in [1.54, 1.807) is 6.07 Å². The Kier molecular flexibility index (Phi) is 5.00. The van der Waals surface area contributed by atoms with Gasteiger partial charge in [-0.1, -0.05) is 49.2 Å². The van der Waals surface area contributed by atoms with Crippen molar-refractivity contribution in [3.63, 3.8) is 0 Å². The first-order chi connectivity index (χ1) is 15.0. The van der Waals surface area contributed by atoms with Crippen LogP contribution < -0.4 is 5.56 Å². The van der Waals surface area contributed by atoms with Crippen LogP contribution in [0.4, 0.5) is 0 Å². The Morgan fingerprint density at radius 1 is 1.16 bits per heavy atom. The molecule has 6 nitrogen and oxygen atoms in total. The predicted octanol–water partition coefficient (Wildman–Crippen LogP) is 4.15. The first-order valence-corrected chi connectivity index (χ1v) is 11.2. The molecule has 0 unspecified atom stereocenters.